The summed E-state index contributed by atoms with van der Waals surface area (Å²) in [7, 11) is 0. The summed E-state index contributed by atoms with van der Waals surface area (Å²) in [6, 6.07) is 9.72. The zero-order valence-electron chi connectivity index (χ0n) is 9.98. The van der Waals surface area contributed by atoms with Crippen molar-refractivity contribution in [2.75, 3.05) is 0 Å². The Kier molecular flexibility index (Phi) is 2.90. The number of halogens is 3. The molecule has 3 aromatic rings. The van der Waals surface area contributed by atoms with E-state index in [0.717, 1.165) is 22.2 Å². The van der Waals surface area contributed by atoms with Crippen molar-refractivity contribution in [2.45, 2.75) is 6.18 Å². The van der Waals surface area contributed by atoms with Gasteiger partial charge in [-0.25, -0.2) is 0 Å². The molecule has 0 amide bonds. The zero-order chi connectivity index (χ0) is 14.3. The lowest BCUT2D eigenvalue weighted by molar-refractivity contribution is -0.137. The van der Waals surface area contributed by atoms with Crippen molar-refractivity contribution in [3.05, 3.63) is 48.0 Å². The third kappa shape index (κ3) is 2.22. The molecule has 1 N–H and O–H groups in total. The molecule has 0 saturated heterocycles. The predicted octanol–water partition coefficient (Wildman–Crippen LogP) is 4.69. The smallest absolute Gasteiger partial charge is 0.416 e. The Hall–Kier alpha value is -2.08. The first kappa shape index (κ1) is 12.9. The molecule has 3 rings (SSSR count). The largest absolute Gasteiger partial charge is 0.508 e. The number of benzene rings is 2. The Labute approximate surface area is 116 Å². The lowest BCUT2D eigenvalue weighted by atomic mass is 10.1. The topological polar surface area (TPSA) is 33.1 Å². The maximum atomic E-state index is 12.5. The van der Waals surface area contributed by atoms with E-state index < -0.39 is 11.7 Å². The van der Waals surface area contributed by atoms with Crippen LogP contribution in [-0.2, 0) is 6.18 Å². The van der Waals surface area contributed by atoms with Crippen LogP contribution in [0.5, 0.6) is 5.75 Å². The fourth-order valence-corrected chi connectivity index (χ4v) is 2.78. The highest BCUT2D eigenvalue weighted by molar-refractivity contribution is 7.13. The molecule has 0 bridgehead atoms. The number of aromatic hydroxyl groups is 1. The summed E-state index contributed by atoms with van der Waals surface area (Å²) in [6.07, 6.45) is -4.34. The molecule has 0 saturated carbocycles. The lowest BCUT2D eigenvalue weighted by Crippen LogP contribution is -2.03. The van der Waals surface area contributed by atoms with E-state index in [0.29, 0.717) is 11.3 Å². The molecule has 2 aromatic carbocycles. The van der Waals surface area contributed by atoms with Gasteiger partial charge in [-0.15, -0.1) is 0 Å². The van der Waals surface area contributed by atoms with E-state index in [1.165, 1.54) is 29.7 Å². The minimum Gasteiger partial charge on any atom is -0.508 e. The second-order valence-corrected chi connectivity index (χ2v) is 5.09. The van der Waals surface area contributed by atoms with Gasteiger partial charge in [0.2, 0.25) is 0 Å². The molecule has 0 fully saturated rings. The summed E-state index contributed by atoms with van der Waals surface area (Å²) in [5.74, 6) is 0.139. The molecule has 0 spiro atoms. The van der Waals surface area contributed by atoms with Crippen molar-refractivity contribution in [2.24, 2.45) is 0 Å². The van der Waals surface area contributed by atoms with Gasteiger partial charge in [-0.05, 0) is 41.9 Å². The predicted molar refractivity (Wildman–Crippen MR) is 71.7 cm³/mol. The van der Waals surface area contributed by atoms with Gasteiger partial charge in [0.15, 0.2) is 0 Å². The Morgan fingerprint density at radius 1 is 1.00 bits per heavy atom. The van der Waals surface area contributed by atoms with Crippen molar-refractivity contribution in [1.82, 2.24) is 4.37 Å². The SMILES string of the molecule is Oc1ccc2c(-c3ccc(C(F)(F)F)cc3)nsc2c1. The van der Waals surface area contributed by atoms with E-state index in [9.17, 15) is 18.3 Å². The van der Waals surface area contributed by atoms with Crippen LogP contribution in [0.25, 0.3) is 21.3 Å². The van der Waals surface area contributed by atoms with Crippen LogP contribution < -0.4 is 0 Å². The maximum Gasteiger partial charge on any atom is 0.416 e. The molecule has 0 unspecified atom stereocenters. The molecule has 0 aliphatic carbocycles. The zero-order valence-corrected chi connectivity index (χ0v) is 10.8. The summed E-state index contributed by atoms with van der Waals surface area (Å²) in [5.41, 5.74) is 0.562. The highest BCUT2D eigenvalue weighted by Gasteiger charge is 2.30. The maximum absolute atomic E-state index is 12.5. The first-order valence-electron chi connectivity index (χ1n) is 5.71. The Morgan fingerprint density at radius 2 is 1.70 bits per heavy atom. The van der Waals surface area contributed by atoms with E-state index in [2.05, 4.69) is 4.37 Å². The molecule has 0 aliphatic heterocycles. The number of hydrogen-bond donors (Lipinski definition) is 1. The van der Waals surface area contributed by atoms with Gasteiger partial charge in [-0.1, -0.05) is 12.1 Å². The molecular weight excluding hydrogens is 287 g/mol. The quantitative estimate of drug-likeness (QED) is 0.706. The standard InChI is InChI=1S/C14H8F3NOS/c15-14(16,17)9-3-1-8(2-4-9)13-11-6-5-10(19)7-12(11)20-18-13/h1-7,19H. The van der Waals surface area contributed by atoms with Crippen LogP contribution in [0.2, 0.25) is 0 Å². The lowest BCUT2D eigenvalue weighted by Gasteiger charge is -2.06. The number of phenolic OH excluding ortho intramolecular Hbond substituents is 1. The van der Waals surface area contributed by atoms with Crippen molar-refractivity contribution >= 4 is 21.6 Å². The van der Waals surface area contributed by atoms with Gasteiger partial charge >= 0.3 is 6.18 Å². The average molecular weight is 295 g/mol. The van der Waals surface area contributed by atoms with Crippen molar-refractivity contribution < 1.29 is 18.3 Å². The van der Waals surface area contributed by atoms with E-state index in [1.54, 1.807) is 12.1 Å². The molecule has 6 heteroatoms. The summed E-state index contributed by atoms with van der Waals surface area (Å²) < 4.78 is 42.6. The summed E-state index contributed by atoms with van der Waals surface area (Å²) in [6.45, 7) is 0. The van der Waals surface area contributed by atoms with Crippen LogP contribution in [-0.4, -0.2) is 9.48 Å². The van der Waals surface area contributed by atoms with Gasteiger partial charge < -0.3 is 5.11 Å². The fourth-order valence-electron chi connectivity index (χ4n) is 1.95. The van der Waals surface area contributed by atoms with E-state index in [1.807, 2.05) is 0 Å². The van der Waals surface area contributed by atoms with Gasteiger partial charge in [0, 0.05) is 10.9 Å². The van der Waals surface area contributed by atoms with Crippen LogP contribution in [0.1, 0.15) is 5.56 Å². The summed E-state index contributed by atoms with van der Waals surface area (Å²) in [5, 5.41) is 10.2. The molecule has 1 aromatic heterocycles. The molecule has 2 nitrogen and oxygen atoms in total. The second kappa shape index (κ2) is 4.49. The Morgan fingerprint density at radius 3 is 2.35 bits per heavy atom. The number of rotatable bonds is 1. The number of hydrogen-bond acceptors (Lipinski definition) is 3. The normalized spacial score (nSPS) is 11.9. The van der Waals surface area contributed by atoms with Crippen molar-refractivity contribution in [3.8, 4) is 17.0 Å². The van der Waals surface area contributed by atoms with Gasteiger partial charge in [0.25, 0.3) is 0 Å². The van der Waals surface area contributed by atoms with Crippen molar-refractivity contribution in [1.29, 1.82) is 0 Å². The van der Waals surface area contributed by atoms with E-state index in [-0.39, 0.29) is 5.75 Å². The van der Waals surface area contributed by atoms with Gasteiger partial charge in [-0.3, -0.25) is 0 Å². The number of phenols is 1. The molecular formula is C14H8F3NOS. The number of fused-ring (bicyclic) bond motifs is 1. The minimum atomic E-state index is -4.34. The van der Waals surface area contributed by atoms with Crippen LogP contribution in [0.15, 0.2) is 42.5 Å². The number of aromatic nitrogens is 1. The summed E-state index contributed by atoms with van der Waals surface area (Å²) in [4.78, 5) is 0. The fraction of sp³-hybridized carbons (Fsp3) is 0.0714. The monoisotopic (exact) mass is 295 g/mol. The first-order chi connectivity index (χ1) is 9.45. The molecule has 0 radical (unpaired) electrons. The van der Waals surface area contributed by atoms with Crippen LogP contribution in [0, 0.1) is 0 Å². The number of alkyl halides is 3. The second-order valence-electron chi connectivity index (χ2n) is 4.29. The van der Waals surface area contributed by atoms with Crippen molar-refractivity contribution in [3.63, 3.8) is 0 Å². The van der Waals surface area contributed by atoms with Crippen LogP contribution in [0.4, 0.5) is 13.2 Å². The van der Waals surface area contributed by atoms with E-state index in [4.69, 9.17) is 0 Å². The van der Waals surface area contributed by atoms with E-state index >= 15 is 0 Å². The minimum absolute atomic E-state index is 0.139. The molecule has 0 atom stereocenters. The Balaban J connectivity index is 2.07. The third-order valence-corrected chi connectivity index (χ3v) is 3.75. The number of nitrogens with zero attached hydrogens (tertiary/aromatic N) is 1. The molecule has 20 heavy (non-hydrogen) atoms. The molecule has 0 aliphatic rings. The van der Waals surface area contributed by atoms with Gasteiger partial charge in [-0.2, -0.15) is 17.5 Å². The average Bonchev–Trinajstić information content (AvgIpc) is 2.80. The highest BCUT2D eigenvalue weighted by atomic mass is 32.1. The Bertz CT molecular complexity index is 762. The molecule has 1 heterocycles. The first-order valence-corrected chi connectivity index (χ1v) is 6.48. The van der Waals surface area contributed by atoms with Gasteiger partial charge in [0.1, 0.15) is 5.75 Å². The van der Waals surface area contributed by atoms with Crippen LogP contribution in [0.3, 0.4) is 0 Å². The van der Waals surface area contributed by atoms with Gasteiger partial charge in [0.05, 0.1) is 16.0 Å². The summed E-state index contributed by atoms with van der Waals surface area (Å²) >= 11 is 1.20. The third-order valence-electron chi connectivity index (χ3n) is 2.94. The molecule has 102 valence electrons. The highest BCUT2D eigenvalue weighted by Crippen LogP contribution is 2.35. The van der Waals surface area contributed by atoms with Crippen LogP contribution >= 0.6 is 11.5 Å².